The lowest BCUT2D eigenvalue weighted by Gasteiger charge is -2.38. The van der Waals surface area contributed by atoms with Gasteiger partial charge in [-0.05, 0) is 55.9 Å². The van der Waals surface area contributed by atoms with E-state index in [0.29, 0.717) is 17.6 Å². The Bertz CT molecular complexity index is 567. The third-order valence-corrected chi connectivity index (χ3v) is 5.94. The van der Waals surface area contributed by atoms with Crippen molar-refractivity contribution in [1.29, 1.82) is 0 Å². The number of ether oxygens (including phenoxy) is 2. The third kappa shape index (κ3) is 4.98. The van der Waals surface area contributed by atoms with E-state index in [-0.39, 0.29) is 11.9 Å². The zero-order valence-corrected chi connectivity index (χ0v) is 16.1. The maximum atomic E-state index is 12.7. The van der Waals surface area contributed by atoms with Crippen molar-refractivity contribution in [3.63, 3.8) is 0 Å². The number of hydrogen-bond donors (Lipinski definition) is 1. The second kappa shape index (κ2) is 9.38. The lowest BCUT2D eigenvalue weighted by molar-refractivity contribution is 0.0321. The molecule has 2 unspecified atom stereocenters. The van der Waals surface area contributed by atoms with Crippen LogP contribution in [0.2, 0.25) is 0 Å². The number of nitrogens with zero attached hydrogens (tertiary/aromatic N) is 1. The largest absolute Gasteiger partial charge is 0.497 e. The van der Waals surface area contributed by atoms with Crippen LogP contribution in [0.15, 0.2) is 24.3 Å². The first-order chi connectivity index (χ1) is 12.7. The molecule has 0 aromatic heterocycles. The van der Waals surface area contributed by atoms with Gasteiger partial charge in [0.2, 0.25) is 0 Å². The highest BCUT2D eigenvalue weighted by Crippen LogP contribution is 2.27. The Morgan fingerprint density at radius 3 is 2.42 bits per heavy atom. The average molecular weight is 360 g/mol. The number of benzene rings is 1. The molecule has 5 nitrogen and oxygen atoms in total. The van der Waals surface area contributed by atoms with Gasteiger partial charge < -0.3 is 19.7 Å². The quantitative estimate of drug-likeness (QED) is 0.847. The molecule has 0 radical (unpaired) electrons. The molecule has 2 atom stereocenters. The predicted molar refractivity (Wildman–Crippen MR) is 103 cm³/mol. The van der Waals surface area contributed by atoms with Crippen LogP contribution >= 0.6 is 0 Å². The van der Waals surface area contributed by atoms with Crippen molar-refractivity contribution in [2.24, 2.45) is 5.92 Å². The summed E-state index contributed by atoms with van der Waals surface area (Å²) in [5.41, 5.74) is 0.705. The van der Waals surface area contributed by atoms with Crippen LogP contribution in [0.25, 0.3) is 0 Å². The van der Waals surface area contributed by atoms with Crippen molar-refractivity contribution in [1.82, 2.24) is 10.2 Å². The van der Waals surface area contributed by atoms with E-state index in [0.717, 1.165) is 44.6 Å². The Hall–Kier alpha value is -1.59. The molecule has 1 saturated carbocycles. The van der Waals surface area contributed by atoms with Crippen LogP contribution in [0.1, 0.15) is 48.9 Å². The van der Waals surface area contributed by atoms with Crippen molar-refractivity contribution in [3.8, 4) is 5.75 Å². The molecule has 1 heterocycles. The molecule has 26 heavy (non-hydrogen) atoms. The molecule has 0 spiro atoms. The molecule has 1 saturated heterocycles. The van der Waals surface area contributed by atoms with Gasteiger partial charge in [0.05, 0.1) is 13.2 Å². The van der Waals surface area contributed by atoms with E-state index in [4.69, 9.17) is 9.47 Å². The van der Waals surface area contributed by atoms with Crippen molar-refractivity contribution < 1.29 is 14.3 Å². The Morgan fingerprint density at radius 2 is 1.77 bits per heavy atom. The van der Waals surface area contributed by atoms with Crippen LogP contribution in [0.5, 0.6) is 5.75 Å². The molecule has 144 valence electrons. The first-order valence-electron chi connectivity index (χ1n) is 9.89. The maximum Gasteiger partial charge on any atom is 0.251 e. The summed E-state index contributed by atoms with van der Waals surface area (Å²) >= 11 is 0. The number of rotatable bonds is 6. The van der Waals surface area contributed by atoms with Gasteiger partial charge in [-0.3, -0.25) is 4.79 Å². The van der Waals surface area contributed by atoms with E-state index in [2.05, 4.69) is 10.2 Å². The number of piperidine rings is 1. The Morgan fingerprint density at radius 1 is 1.08 bits per heavy atom. The summed E-state index contributed by atoms with van der Waals surface area (Å²) in [6.07, 6.45) is 7.42. The van der Waals surface area contributed by atoms with E-state index in [1.165, 1.54) is 19.3 Å². The van der Waals surface area contributed by atoms with Gasteiger partial charge in [0.1, 0.15) is 5.75 Å². The molecule has 1 amide bonds. The molecule has 2 fully saturated rings. The standard InChI is InChI=1S/C21H32N2O3/c1-25-18-9-7-16(8-10-18)21(24)22-20-6-4-3-5-17(20)15-23-13-11-19(26-2)12-14-23/h7-10,17,19-20H,3-6,11-15H2,1-2H3,(H,22,24). The Labute approximate surface area is 157 Å². The number of hydrogen-bond acceptors (Lipinski definition) is 4. The highest BCUT2D eigenvalue weighted by atomic mass is 16.5. The van der Waals surface area contributed by atoms with Crippen LogP contribution in [0.4, 0.5) is 0 Å². The fourth-order valence-corrected chi connectivity index (χ4v) is 4.27. The maximum absolute atomic E-state index is 12.7. The summed E-state index contributed by atoms with van der Waals surface area (Å²) < 4.78 is 10.6. The van der Waals surface area contributed by atoms with Crippen molar-refractivity contribution in [2.45, 2.75) is 50.7 Å². The first kappa shape index (κ1) is 19.2. The highest BCUT2D eigenvalue weighted by Gasteiger charge is 2.29. The van der Waals surface area contributed by atoms with E-state index in [1.807, 2.05) is 31.4 Å². The van der Waals surface area contributed by atoms with Gasteiger partial charge in [-0.2, -0.15) is 0 Å². The molecule has 3 rings (SSSR count). The van der Waals surface area contributed by atoms with Gasteiger partial charge in [0, 0.05) is 38.3 Å². The van der Waals surface area contributed by atoms with Gasteiger partial charge in [-0.25, -0.2) is 0 Å². The van der Waals surface area contributed by atoms with Crippen molar-refractivity contribution >= 4 is 5.91 Å². The highest BCUT2D eigenvalue weighted by molar-refractivity contribution is 5.94. The van der Waals surface area contributed by atoms with Crippen LogP contribution in [-0.2, 0) is 4.74 Å². The average Bonchev–Trinajstić information content (AvgIpc) is 2.70. The van der Waals surface area contributed by atoms with Gasteiger partial charge in [-0.15, -0.1) is 0 Å². The van der Waals surface area contributed by atoms with Crippen LogP contribution < -0.4 is 10.1 Å². The third-order valence-electron chi connectivity index (χ3n) is 5.94. The molecule has 2 aliphatic rings. The summed E-state index contributed by atoms with van der Waals surface area (Å²) in [7, 11) is 3.45. The van der Waals surface area contributed by atoms with Gasteiger partial charge in [-0.1, -0.05) is 12.8 Å². The minimum Gasteiger partial charge on any atom is -0.497 e. The Balaban J connectivity index is 1.55. The van der Waals surface area contributed by atoms with Crippen LogP contribution in [-0.4, -0.2) is 56.8 Å². The zero-order chi connectivity index (χ0) is 18.4. The fraction of sp³-hybridized carbons (Fsp3) is 0.667. The lowest BCUT2D eigenvalue weighted by atomic mass is 9.83. The normalized spacial score (nSPS) is 25.0. The van der Waals surface area contributed by atoms with Gasteiger partial charge >= 0.3 is 0 Å². The van der Waals surface area contributed by atoms with E-state index in [1.54, 1.807) is 7.11 Å². The topological polar surface area (TPSA) is 50.8 Å². The minimum atomic E-state index is 0.0302. The molecule has 0 bridgehead atoms. The number of methoxy groups -OCH3 is 2. The number of likely N-dealkylation sites (tertiary alicyclic amines) is 1. The zero-order valence-electron chi connectivity index (χ0n) is 16.1. The fourth-order valence-electron chi connectivity index (χ4n) is 4.27. The number of carbonyl (C=O) groups excluding carboxylic acids is 1. The minimum absolute atomic E-state index is 0.0302. The summed E-state index contributed by atoms with van der Waals surface area (Å²) in [6.45, 7) is 3.30. The number of nitrogens with one attached hydrogen (secondary N) is 1. The van der Waals surface area contributed by atoms with E-state index < -0.39 is 0 Å². The molecule has 1 aliphatic carbocycles. The summed E-state index contributed by atoms with van der Waals surface area (Å²) in [5.74, 6) is 1.35. The summed E-state index contributed by atoms with van der Waals surface area (Å²) in [4.78, 5) is 15.2. The first-order valence-corrected chi connectivity index (χ1v) is 9.89. The summed E-state index contributed by atoms with van der Waals surface area (Å²) in [6, 6.07) is 7.63. The van der Waals surface area contributed by atoms with Crippen LogP contribution in [0.3, 0.4) is 0 Å². The van der Waals surface area contributed by atoms with E-state index in [9.17, 15) is 4.79 Å². The molecule has 5 heteroatoms. The Kier molecular flexibility index (Phi) is 6.92. The van der Waals surface area contributed by atoms with Crippen molar-refractivity contribution in [3.05, 3.63) is 29.8 Å². The summed E-state index contributed by atoms with van der Waals surface area (Å²) in [5, 5.41) is 3.30. The van der Waals surface area contributed by atoms with E-state index >= 15 is 0 Å². The van der Waals surface area contributed by atoms with Gasteiger partial charge in [0.25, 0.3) is 5.91 Å². The lowest BCUT2D eigenvalue weighted by Crippen LogP contribution is -2.48. The molecule has 1 aliphatic heterocycles. The molecule has 1 aromatic rings. The molecule has 1 aromatic carbocycles. The molecular formula is C21H32N2O3. The van der Waals surface area contributed by atoms with Crippen molar-refractivity contribution in [2.75, 3.05) is 33.9 Å². The van der Waals surface area contributed by atoms with Crippen LogP contribution in [0, 0.1) is 5.92 Å². The second-order valence-corrected chi connectivity index (χ2v) is 7.59. The monoisotopic (exact) mass is 360 g/mol. The smallest absolute Gasteiger partial charge is 0.251 e. The molecular weight excluding hydrogens is 328 g/mol. The number of amides is 1. The predicted octanol–water partition coefficient (Wildman–Crippen LogP) is 3.09. The van der Waals surface area contributed by atoms with Gasteiger partial charge in [0.15, 0.2) is 0 Å². The number of carbonyl (C=O) groups is 1. The second-order valence-electron chi connectivity index (χ2n) is 7.59. The molecule has 1 N–H and O–H groups in total. The SMILES string of the molecule is COc1ccc(C(=O)NC2CCCCC2CN2CCC(OC)CC2)cc1.